The predicted molar refractivity (Wildman–Crippen MR) is 99.9 cm³/mol. The minimum absolute atomic E-state index is 0.596. The molecule has 5 heteroatoms. The molecule has 0 aliphatic carbocycles. The Kier molecular flexibility index (Phi) is 7.27. The molecular weight excluding hydrogens is 306 g/mol. The van der Waals surface area contributed by atoms with Crippen molar-refractivity contribution in [2.24, 2.45) is 0 Å². The molecule has 1 aliphatic heterocycles. The Hall–Kier alpha value is -1.17. The lowest BCUT2D eigenvalue weighted by Crippen LogP contribution is -2.51. The Morgan fingerprint density at radius 3 is 2.39 bits per heavy atom. The van der Waals surface area contributed by atoms with Gasteiger partial charge in [0.2, 0.25) is 0 Å². The average molecular weight is 336 g/mol. The molecule has 1 N–H and O–H groups in total. The van der Waals surface area contributed by atoms with Gasteiger partial charge in [-0.25, -0.2) is 0 Å². The molecule has 1 saturated heterocycles. The number of rotatable bonds is 6. The molecule has 1 aromatic carbocycles. The fourth-order valence-corrected chi connectivity index (χ4v) is 3.03. The van der Waals surface area contributed by atoms with Gasteiger partial charge in [-0.3, -0.25) is 4.90 Å². The van der Waals surface area contributed by atoms with E-state index >= 15 is 0 Å². The molecule has 1 heterocycles. The molecule has 0 aromatic heterocycles. The Labute approximate surface area is 145 Å². The van der Waals surface area contributed by atoms with E-state index in [2.05, 4.69) is 53.2 Å². The molecule has 4 nitrogen and oxygen atoms in total. The molecule has 0 bridgehead atoms. The Morgan fingerprint density at radius 2 is 1.83 bits per heavy atom. The largest absolute Gasteiger partial charge is 0.383 e. The summed E-state index contributed by atoms with van der Waals surface area (Å²) in [6.07, 6.45) is 0. The molecule has 1 aromatic rings. The summed E-state index contributed by atoms with van der Waals surface area (Å²) in [5.74, 6) is 0.596. The molecule has 0 saturated carbocycles. The minimum Gasteiger partial charge on any atom is -0.383 e. The van der Waals surface area contributed by atoms with E-state index in [1.54, 1.807) is 7.11 Å². The smallest absolute Gasteiger partial charge is 0.169 e. The summed E-state index contributed by atoms with van der Waals surface area (Å²) in [6, 6.07) is 9.04. The van der Waals surface area contributed by atoms with E-state index in [0.29, 0.717) is 12.5 Å². The van der Waals surface area contributed by atoms with Crippen LogP contribution < -0.4 is 5.32 Å². The summed E-state index contributed by atoms with van der Waals surface area (Å²) in [7, 11) is 1.71. The van der Waals surface area contributed by atoms with Gasteiger partial charge in [-0.05, 0) is 29.3 Å². The zero-order valence-corrected chi connectivity index (χ0v) is 15.4. The van der Waals surface area contributed by atoms with Crippen LogP contribution in [-0.2, 0) is 11.3 Å². The van der Waals surface area contributed by atoms with Gasteiger partial charge in [0.1, 0.15) is 0 Å². The van der Waals surface area contributed by atoms with Crippen LogP contribution in [0.25, 0.3) is 0 Å². The summed E-state index contributed by atoms with van der Waals surface area (Å²) in [4.78, 5) is 4.75. The maximum Gasteiger partial charge on any atom is 0.169 e. The minimum atomic E-state index is 0.596. The summed E-state index contributed by atoms with van der Waals surface area (Å²) < 4.78 is 5.04. The van der Waals surface area contributed by atoms with E-state index in [9.17, 15) is 0 Å². The van der Waals surface area contributed by atoms with Crippen molar-refractivity contribution in [3.63, 3.8) is 0 Å². The fourth-order valence-electron chi connectivity index (χ4n) is 2.75. The lowest BCUT2D eigenvalue weighted by atomic mass is 10.0. The third-order valence-electron chi connectivity index (χ3n) is 4.29. The van der Waals surface area contributed by atoms with Crippen LogP contribution in [0.1, 0.15) is 30.9 Å². The summed E-state index contributed by atoms with van der Waals surface area (Å²) in [6.45, 7) is 11.0. The highest BCUT2D eigenvalue weighted by atomic mass is 32.1. The molecule has 23 heavy (non-hydrogen) atoms. The van der Waals surface area contributed by atoms with Gasteiger partial charge in [0, 0.05) is 46.4 Å². The van der Waals surface area contributed by atoms with Crippen molar-refractivity contribution >= 4 is 17.3 Å². The van der Waals surface area contributed by atoms with Crippen LogP contribution in [0.3, 0.4) is 0 Å². The second kappa shape index (κ2) is 9.21. The van der Waals surface area contributed by atoms with Gasteiger partial charge in [0.05, 0.1) is 6.61 Å². The van der Waals surface area contributed by atoms with E-state index in [-0.39, 0.29) is 0 Å². The van der Waals surface area contributed by atoms with Crippen molar-refractivity contribution in [3.05, 3.63) is 35.4 Å². The molecule has 0 spiro atoms. The van der Waals surface area contributed by atoms with Crippen molar-refractivity contribution in [1.29, 1.82) is 0 Å². The number of nitrogens with one attached hydrogen (secondary N) is 1. The molecule has 0 unspecified atom stereocenters. The van der Waals surface area contributed by atoms with Crippen molar-refractivity contribution in [1.82, 2.24) is 15.1 Å². The van der Waals surface area contributed by atoms with Gasteiger partial charge in [-0.2, -0.15) is 0 Å². The molecule has 0 amide bonds. The highest BCUT2D eigenvalue weighted by Crippen LogP contribution is 2.16. The number of methoxy groups -OCH3 is 1. The zero-order chi connectivity index (χ0) is 16.7. The van der Waals surface area contributed by atoms with Crippen molar-refractivity contribution in [2.75, 3.05) is 46.4 Å². The second-order valence-corrected chi connectivity index (χ2v) is 6.77. The molecule has 0 radical (unpaired) electrons. The first kappa shape index (κ1) is 18.2. The van der Waals surface area contributed by atoms with Crippen molar-refractivity contribution in [2.45, 2.75) is 26.3 Å². The van der Waals surface area contributed by atoms with Crippen LogP contribution in [0, 0.1) is 0 Å². The first-order valence-corrected chi connectivity index (χ1v) is 8.84. The monoisotopic (exact) mass is 335 g/mol. The lowest BCUT2D eigenvalue weighted by Gasteiger charge is -2.36. The third kappa shape index (κ3) is 5.75. The highest BCUT2D eigenvalue weighted by molar-refractivity contribution is 7.80. The topological polar surface area (TPSA) is 27.7 Å². The number of benzene rings is 1. The maximum absolute atomic E-state index is 5.44. The average Bonchev–Trinajstić information content (AvgIpc) is 2.56. The quantitative estimate of drug-likeness (QED) is 0.637. The summed E-state index contributed by atoms with van der Waals surface area (Å²) in [5, 5.41) is 4.10. The van der Waals surface area contributed by atoms with Crippen LogP contribution in [0.4, 0.5) is 0 Å². The van der Waals surface area contributed by atoms with E-state index in [1.165, 1.54) is 11.1 Å². The number of hydrogen-bond acceptors (Lipinski definition) is 3. The molecule has 1 fully saturated rings. The predicted octanol–water partition coefficient (Wildman–Crippen LogP) is 2.45. The van der Waals surface area contributed by atoms with Crippen LogP contribution in [0.2, 0.25) is 0 Å². The van der Waals surface area contributed by atoms with Gasteiger partial charge in [0.25, 0.3) is 0 Å². The first-order chi connectivity index (χ1) is 11.1. The van der Waals surface area contributed by atoms with Crippen molar-refractivity contribution in [3.8, 4) is 0 Å². The van der Waals surface area contributed by atoms with Crippen LogP contribution in [0.5, 0.6) is 0 Å². The fraction of sp³-hybridized carbons (Fsp3) is 0.611. The number of piperazine rings is 1. The van der Waals surface area contributed by atoms with Gasteiger partial charge in [-0.1, -0.05) is 38.1 Å². The highest BCUT2D eigenvalue weighted by Gasteiger charge is 2.18. The summed E-state index contributed by atoms with van der Waals surface area (Å²) in [5.41, 5.74) is 2.80. The normalized spacial score (nSPS) is 15.9. The number of ether oxygens (including phenoxy) is 1. The first-order valence-electron chi connectivity index (χ1n) is 8.43. The standard InChI is InChI=1S/C18H29N3OS/c1-15(2)17-6-4-16(5-7-17)14-20-9-11-21(12-10-20)18(23)19-8-13-22-3/h4-7,15H,8-14H2,1-3H3,(H,19,23). The second-order valence-electron chi connectivity index (χ2n) is 6.38. The van der Waals surface area contributed by atoms with Crippen molar-refractivity contribution < 1.29 is 4.74 Å². The van der Waals surface area contributed by atoms with Gasteiger partial charge < -0.3 is 15.0 Å². The lowest BCUT2D eigenvalue weighted by molar-refractivity contribution is 0.172. The third-order valence-corrected chi connectivity index (χ3v) is 4.70. The molecule has 0 atom stereocenters. The van der Waals surface area contributed by atoms with Gasteiger partial charge in [-0.15, -0.1) is 0 Å². The van der Waals surface area contributed by atoms with Crippen LogP contribution >= 0.6 is 12.2 Å². The maximum atomic E-state index is 5.44. The van der Waals surface area contributed by atoms with E-state index in [4.69, 9.17) is 17.0 Å². The number of thiocarbonyl (C=S) groups is 1. The van der Waals surface area contributed by atoms with Gasteiger partial charge in [0.15, 0.2) is 5.11 Å². The Bertz CT molecular complexity index is 482. The molecule has 2 rings (SSSR count). The molecular formula is C18H29N3OS. The number of nitrogens with zero attached hydrogens (tertiary/aromatic N) is 2. The zero-order valence-electron chi connectivity index (χ0n) is 14.5. The molecule has 128 valence electrons. The van der Waals surface area contributed by atoms with Gasteiger partial charge >= 0.3 is 0 Å². The number of hydrogen-bond donors (Lipinski definition) is 1. The SMILES string of the molecule is COCCNC(=S)N1CCN(Cc2ccc(C(C)C)cc2)CC1. The van der Waals surface area contributed by atoms with E-state index < -0.39 is 0 Å². The summed E-state index contributed by atoms with van der Waals surface area (Å²) >= 11 is 5.44. The van der Waals surface area contributed by atoms with E-state index in [1.807, 2.05) is 0 Å². The van der Waals surface area contributed by atoms with E-state index in [0.717, 1.165) is 44.4 Å². The Balaban J connectivity index is 1.75. The van der Waals surface area contributed by atoms with Crippen LogP contribution in [-0.4, -0.2) is 61.4 Å². The Morgan fingerprint density at radius 1 is 1.17 bits per heavy atom. The van der Waals surface area contributed by atoms with Crippen LogP contribution in [0.15, 0.2) is 24.3 Å². The molecule has 1 aliphatic rings.